The van der Waals surface area contributed by atoms with Crippen molar-refractivity contribution in [2.24, 2.45) is 5.92 Å². The second-order valence-electron chi connectivity index (χ2n) is 5.42. The molecule has 2 rings (SSSR count). The number of nitrogens with one attached hydrogen (secondary N) is 2. The second-order valence-corrected chi connectivity index (χ2v) is 5.42. The van der Waals surface area contributed by atoms with Crippen LogP contribution in [-0.4, -0.2) is 29.8 Å². The van der Waals surface area contributed by atoms with E-state index in [4.69, 9.17) is 0 Å². The summed E-state index contributed by atoms with van der Waals surface area (Å²) in [5, 5.41) is 4.20. The Bertz CT molecular complexity index is 564. The summed E-state index contributed by atoms with van der Waals surface area (Å²) in [6, 6.07) is -0.274. The summed E-state index contributed by atoms with van der Waals surface area (Å²) in [5.41, 5.74) is 0.364. The van der Waals surface area contributed by atoms with Crippen LogP contribution in [0.5, 0.6) is 5.88 Å². The molecule has 0 unspecified atom stereocenters. The second kappa shape index (κ2) is 7.63. The number of aromatic nitrogens is 1. The van der Waals surface area contributed by atoms with E-state index in [2.05, 4.69) is 15.0 Å². The number of carbonyl (C=O) groups is 1. The Morgan fingerprint density at radius 1 is 1.38 bits per heavy atom. The molecule has 1 atom stereocenters. The molecule has 0 saturated heterocycles. The topological polar surface area (TPSA) is 63.2 Å². The number of ether oxygens (including phenoxy) is 1. The lowest BCUT2D eigenvalue weighted by Gasteiger charge is -2.35. The van der Waals surface area contributed by atoms with E-state index in [0.29, 0.717) is 24.8 Å². The summed E-state index contributed by atoms with van der Waals surface area (Å²) >= 11 is 0. The quantitative estimate of drug-likeness (QED) is 0.772. The fraction of sp³-hybridized carbons (Fsp3) is 0.571. The van der Waals surface area contributed by atoms with Crippen LogP contribution in [0, 0.1) is 5.92 Å². The normalized spacial score (nSPS) is 16.4. The Morgan fingerprint density at radius 2 is 2.08 bits per heavy atom. The van der Waals surface area contributed by atoms with Gasteiger partial charge >= 0.3 is 18.8 Å². The fourth-order valence-electron chi connectivity index (χ4n) is 2.33. The van der Waals surface area contributed by atoms with E-state index in [1.807, 2.05) is 5.32 Å². The van der Waals surface area contributed by atoms with Crippen LogP contribution in [0.2, 0.25) is 0 Å². The SMILES string of the molecule is O=C(NCc1ccnc(OC(F)F)c1)N[C@@H](C1CCC1)C(F)(F)F. The minimum absolute atomic E-state index is 0.150. The molecule has 1 fully saturated rings. The number of urea groups is 1. The van der Waals surface area contributed by atoms with E-state index < -0.39 is 30.8 Å². The number of carbonyl (C=O) groups excluding carboxylic acids is 1. The first-order valence-corrected chi connectivity index (χ1v) is 7.26. The van der Waals surface area contributed by atoms with Crippen molar-refractivity contribution >= 4 is 6.03 Å². The first-order valence-electron chi connectivity index (χ1n) is 7.26. The van der Waals surface area contributed by atoms with E-state index in [9.17, 15) is 26.7 Å². The largest absolute Gasteiger partial charge is 0.417 e. The van der Waals surface area contributed by atoms with E-state index in [1.54, 1.807) is 0 Å². The Morgan fingerprint density at radius 3 is 2.62 bits per heavy atom. The van der Waals surface area contributed by atoms with Gasteiger partial charge in [-0.1, -0.05) is 6.42 Å². The van der Waals surface area contributed by atoms with Gasteiger partial charge in [-0.25, -0.2) is 9.78 Å². The van der Waals surface area contributed by atoms with E-state index in [0.717, 1.165) is 0 Å². The number of alkyl halides is 5. The Balaban J connectivity index is 1.88. The number of halogens is 5. The molecule has 1 aromatic rings. The number of hydrogen-bond donors (Lipinski definition) is 2. The first kappa shape index (κ1) is 18.2. The van der Waals surface area contributed by atoms with Crippen LogP contribution in [0.15, 0.2) is 18.3 Å². The fourth-order valence-corrected chi connectivity index (χ4v) is 2.33. The molecule has 0 radical (unpaired) electrons. The van der Waals surface area contributed by atoms with Gasteiger partial charge in [0, 0.05) is 18.8 Å². The van der Waals surface area contributed by atoms with Crippen LogP contribution in [0.25, 0.3) is 0 Å². The van der Waals surface area contributed by atoms with Crippen molar-refractivity contribution < 1.29 is 31.5 Å². The number of pyridine rings is 1. The van der Waals surface area contributed by atoms with Crippen LogP contribution in [0.1, 0.15) is 24.8 Å². The average Bonchev–Trinajstić information content (AvgIpc) is 2.41. The van der Waals surface area contributed by atoms with Crippen LogP contribution in [-0.2, 0) is 6.54 Å². The maximum Gasteiger partial charge on any atom is 0.408 e. The van der Waals surface area contributed by atoms with E-state index in [1.165, 1.54) is 18.3 Å². The molecule has 10 heteroatoms. The maximum atomic E-state index is 13.0. The Hall–Kier alpha value is -2.13. The third-order valence-electron chi connectivity index (χ3n) is 3.72. The smallest absolute Gasteiger partial charge is 0.408 e. The van der Waals surface area contributed by atoms with Crippen LogP contribution in [0.3, 0.4) is 0 Å². The summed E-state index contributed by atoms with van der Waals surface area (Å²) < 4.78 is 67.1. The molecule has 24 heavy (non-hydrogen) atoms. The average molecular weight is 353 g/mol. The highest BCUT2D eigenvalue weighted by molar-refractivity contribution is 5.74. The molecular weight excluding hydrogens is 337 g/mol. The van der Waals surface area contributed by atoms with Gasteiger partial charge in [0.05, 0.1) is 0 Å². The van der Waals surface area contributed by atoms with Gasteiger partial charge in [-0.05, 0) is 30.4 Å². The molecule has 5 nitrogen and oxygen atoms in total. The molecule has 1 aliphatic rings. The molecule has 0 spiro atoms. The molecular formula is C14H16F5N3O2. The predicted octanol–water partition coefficient (Wildman–Crippen LogP) is 3.21. The zero-order chi connectivity index (χ0) is 17.7. The third-order valence-corrected chi connectivity index (χ3v) is 3.72. The highest BCUT2D eigenvalue weighted by atomic mass is 19.4. The minimum Gasteiger partial charge on any atom is -0.417 e. The zero-order valence-electron chi connectivity index (χ0n) is 12.4. The first-order chi connectivity index (χ1) is 11.3. The van der Waals surface area contributed by atoms with Gasteiger partial charge in [0.2, 0.25) is 5.88 Å². The van der Waals surface area contributed by atoms with Crippen molar-refractivity contribution in [1.82, 2.24) is 15.6 Å². The zero-order valence-corrected chi connectivity index (χ0v) is 12.4. The van der Waals surface area contributed by atoms with Gasteiger partial charge in [-0.2, -0.15) is 22.0 Å². The van der Waals surface area contributed by atoms with Gasteiger partial charge < -0.3 is 15.4 Å². The van der Waals surface area contributed by atoms with Gasteiger partial charge in [0.1, 0.15) is 6.04 Å². The Labute approximate surface area is 134 Å². The molecule has 0 aromatic carbocycles. The van der Waals surface area contributed by atoms with E-state index >= 15 is 0 Å². The lowest BCUT2D eigenvalue weighted by Crippen LogP contribution is -2.54. The van der Waals surface area contributed by atoms with Crippen molar-refractivity contribution in [3.63, 3.8) is 0 Å². The monoisotopic (exact) mass is 353 g/mol. The van der Waals surface area contributed by atoms with Crippen LogP contribution >= 0.6 is 0 Å². The van der Waals surface area contributed by atoms with Gasteiger partial charge in [-0.15, -0.1) is 0 Å². The standard InChI is InChI=1S/C14H16F5N3O2/c15-12(16)24-10-6-8(4-5-20-10)7-21-13(23)22-11(14(17,18)19)9-2-1-3-9/h4-6,9,11-12H,1-3,7H2,(H2,21,22,23)/t11-/m0/s1. The van der Waals surface area contributed by atoms with Gasteiger partial charge in [-0.3, -0.25) is 0 Å². The van der Waals surface area contributed by atoms with Crippen molar-refractivity contribution in [1.29, 1.82) is 0 Å². The predicted molar refractivity (Wildman–Crippen MR) is 73.4 cm³/mol. The van der Waals surface area contributed by atoms with Crippen molar-refractivity contribution in [3.8, 4) is 5.88 Å². The van der Waals surface area contributed by atoms with Crippen LogP contribution in [0.4, 0.5) is 26.7 Å². The van der Waals surface area contributed by atoms with Crippen molar-refractivity contribution in [3.05, 3.63) is 23.9 Å². The highest BCUT2D eigenvalue weighted by Gasteiger charge is 2.47. The maximum absolute atomic E-state index is 13.0. The molecule has 0 bridgehead atoms. The third kappa shape index (κ3) is 5.20. The van der Waals surface area contributed by atoms with Crippen LogP contribution < -0.4 is 15.4 Å². The number of amides is 2. The molecule has 1 saturated carbocycles. The number of hydrogen-bond acceptors (Lipinski definition) is 3. The lowest BCUT2D eigenvalue weighted by molar-refractivity contribution is -0.171. The summed E-state index contributed by atoms with van der Waals surface area (Å²) in [4.78, 5) is 15.2. The van der Waals surface area contributed by atoms with Crippen molar-refractivity contribution in [2.45, 2.75) is 44.6 Å². The number of nitrogens with zero attached hydrogens (tertiary/aromatic N) is 1. The Kier molecular flexibility index (Phi) is 5.79. The molecule has 1 aliphatic carbocycles. The highest BCUT2D eigenvalue weighted by Crippen LogP contribution is 2.37. The summed E-state index contributed by atoms with van der Waals surface area (Å²) in [5.74, 6) is -0.949. The number of rotatable bonds is 6. The molecule has 2 amide bonds. The lowest BCUT2D eigenvalue weighted by atomic mass is 9.79. The molecule has 2 N–H and O–H groups in total. The molecule has 134 valence electrons. The molecule has 1 aromatic heterocycles. The molecule has 1 heterocycles. The minimum atomic E-state index is -4.52. The van der Waals surface area contributed by atoms with E-state index in [-0.39, 0.29) is 12.4 Å². The summed E-state index contributed by atoms with van der Waals surface area (Å²) in [6.07, 6.45) is -1.77. The molecule has 0 aliphatic heterocycles. The van der Waals surface area contributed by atoms with Gasteiger partial charge in [0.25, 0.3) is 0 Å². The summed E-state index contributed by atoms with van der Waals surface area (Å²) in [6.45, 7) is -3.19. The van der Waals surface area contributed by atoms with Crippen molar-refractivity contribution in [2.75, 3.05) is 0 Å². The van der Waals surface area contributed by atoms with Gasteiger partial charge in [0.15, 0.2) is 0 Å². The summed E-state index contributed by atoms with van der Waals surface area (Å²) in [7, 11) is 0.